The number of unbranched alkanes of at least 4 members (excludes halogenated alkanes) is 3. The molecule has 3 rings (SSSR count). The molecule has 0 radical (unpaired) electrons. The van der Waals surface area contributed by atoms with Crippen molar-refractivity contribution in [2.75, 3.05) is 6.54 Å². The van der Waals surface area contributed by atoms with Gasteiger partial charge in [-0.25, -0.2) is 4.57 Å². The fraction of sp³-hybridized carbons (Fsp3) is 0.667. The summed E-state index contributed by atoms with van der Waals surface area (Å²) in [7, 11) is -4.69. The van der Waals surface area contributed by atoms with E-state index in [1.807, 2.05) is 6.92 Å². The summed E-state index contributed by atoms with van der Waals surface area (Å²) < 4.78 is 15.7. The molecule has 1 unspecified atom stereocenters. The number of nitrogens with one attached hydrogen (secondary N) is 3. The fourth-order valence-corrected chi connectivity index (χ4v) is 6.85. The van der Waals surface area contributed by atoms with Crippen LogP contribution in [0.2, 0.25) is 0 Å². The van der Waals surface area contributed by atoms with Crippen LogP contribution in [0.1, 0.15) is 103 Å². The lowest BCUT2D eigenvalue weighted by molar-refractivity contribution is -0.145. The van der Waals surface area contributed by atoms with Gasteiger partial charge in [0.25, 0.3) is 0 Å². The number of nitrogens with two attached hydrogens (primary N) is 1. The summed E-state index contributed by atoms with van der Waals surface area (Å²) in [5, 5.41) is 8.58. The summed E-state index contributed by atoms with van der Waals surface area (Å²) in [5.41, 5.74) is 6.10. The van der Waals surface area contributed by atoms with Gasteiger partial charge >= 0.3 is 7.82 Å². The summed E-state index contributed by atoms with van der Waals surface area (Å²) in [5.74, 6) is -2.54. The number of nitrogens with zero attached hydrogens (tertiary/aromatic N) is 1. The molecule has 0 aromatic heterocycles. The summed E-state index contributed by atoms with van der Waals surface area (Å²) >= 11 is 0. The monoisotopic (exact) mass is 693 g/mol. The van der Waals surface area contributed by atoms with Crippen molar-refractivity contribution in [3.8, 4) is 5.75 Å². The topological polar surface area (TPSA) is 217 Å². The number of fused-ring (bicyclic) bond motifs is 1. The van der Waals surface area contributed by atoms with Gasteiger partial charge in [0.05, 0.1) is 0 Å². The summed E-state index contributed by atoms with van der Waals surface area (Å²) in [6.45, 7) is 4.41. The van der Waals surface area contributed by atoms with Crippen molar-refractivity contribution in [2.45, 2.75) is 128 Å². The molecule has 2 fully saturated rings. The molecule has 0 saturated carbocycles. The minimum absolute atomic E-state index is 0.00527. The molecule has 2 saturated heterocycles. The zero-order valence-corrected chi connectivity index (χ0v) is 28.9. The maximum atomic E-state index is 14.0. The normalized spacial score (nSPS) is 20.9. The summed E-state index contributed by atoms with van der Waals surface area (Å²) in [6, 6.07) is 3.33. The van der Waals surface area contributed by atoms with Gasteiger partial charge in [-0.3, -0.25) is 33.8 Å². The summed E-state index contributed by atoms with van der Waals surface area (Å²) in [4.78, 5) is 85.3. The highest BCUT2D eigenvalue weighted by atomic mass is 31.2. The molecule has 1 aromatic carbocycles. The molecule has 268 valence electrons. The van der Waals surface area contributed by atoms with Gasteiger partial charge in [-0.15, -0.1) is 0 Å². The van der Waals surface area contributed by atoms with E-state index in [0.29, 0.717) is 38.6 Å². The maximum Gasteiger partial charge on any atom is 0.524 e. The van der Waals surface area contributed by atoms with E-state index < -0.39 is 49.6 Å². The number of carbonyl (C=O) groups is 5. The van der Waals surface area contributed by atoms with Gasteiger partial charge < -0.3 is 31.1 Å². The lowest BCUT2D eigenvalue weighted by Gasteiger charge is -2.36. The van der Waals surface area contributed by atoms with Crippen LogP contribution >= 0.6 is 7.82 Å². The molecule has 2 aliphatic heterocycles. The first kappa shape index (κ1) is 39.0. The number of hydrogen-bond acceptors (Lipinski definition) is 7. The van der Waals surface area contributed by atoms with E-state index in [-0.39, 0.29) is 36.4 Å². The molecule has 5 atom stereocenters. The molecular formula is C33H52N5O9P. The van der Waals surface area contributed by atoms with Crippen LogP contribution in [0.4, 0.5) is 0 Å². The van der Waals surface area contributed by atoms with Crippen LogP contribution in [-0.2, 0) is 35.0 Å². The largest absolute Gasteiger partial charge is 0.524 e. The molecule has 5 amide bonds. The van der Waals surface area contributed by atoms with Crippen molar-refractivity contribution in [1.82, 2.24) is 20.9 Å². The number of primary amides is 1. The van der Waals surface area contributed by atoms with Crippen LogP contribution in [0.25, 0.3) is 0 Å². The average molecular weight is 694 g/mol. The molecule has 1 aromatic rings. The van der Waals surface area contributed by atoms with Crippen LogP contribution in [0.3, 0.4) is 0 Å². The van der Waals surface area contributed by atoms with Gasteiger partial charge in [0.15, 0.2) is 0 Å². The predicted molar refractivity (Wildman–Crippen MR) is 178 cm³/mol. The number of amides is 5. The first-order chi connectivity index (χ1) is 22.8. The molecule has 2 aliphatic rings. The Morgan fingerprint density at radius 2 is 1.71 bits per heavy atom. The summed E-state index contributed by atoms with van der Waals surface area (Å²) in [6.07, 6.45) is 8.44. The first-order valence-electron chi connectivity index (χ1n) is 17.2. The minimum Gasteiger partial charge on any atom is -0.404 e. The Labute approximate surface area is 282 Å². The molecular weight excluding hydrogens is 641 g/mol. The number of rotatable bonds is 18. The third-order valence-corrected chi connectivity index (χ3v) is 9.54. The Balaban J connectivity index is 1.68. The van der Waals surface area contributed by atoms with Crippen LogP contribution in [0.5, 0.6) is 5.75 Å². The number of carbonyl (C=O) groups excluding carboxylic acids is 5. The highest BCUT2D eigenvalue weighted by Gasteiger charge is 2.44. The number of phosphoric ester groups is 1. The Kier molecular flexibility index (Phi) is 15.3. The van der Waals surface area contributed by atoms with E-state index in [1.165, 1.54) is 12.1 Å². The maximum absolute atomic E-state index is 14.0. The SMILES string of the molecule is CCCCCCNC(=O)[C@H](CCC(N)=O)NC(=O)[C@@H]1CCC2CCCC[C@H](NC(=O)[C@@H](CC)Cc3ccc(OP(=O)(O)O)cc3)C(=O)N21. The van der Waals surface area contributed by atoms with E-state index in [2.05, 4.69) is 27.4 Å². The van der Waals surface area contributed by atoms with Crippen molar-refractivity contribution in [2.24, 2.45) is 11.7 Å². The van der Waals surface area contributed by atoms with Crippen molar-refractivity contribution >= 4 is 37.4 Å². The second kappa shape index (κ2) is 18.9. The molecule has 14 nitrogen and oxygen atoms in total. The molecule has 15 heteroatoms. The van der Waals surface area contributed by atoms with Gasteiger partial charge in [-0.2, -0.15) is 0 Å². The molecule has 0 aliphatic carbocycles. The van der Waals surface area contributed by atoms with Crippen molar-refractivity contribution in [3.05, 3.63) is 29.8 Å². The van der Waals surface area contributed by atoms with Crippen LogP contribution in [-0.4, -0.2) is 74.9 Å². The van der Waals surface area contributed by atoms with E-state index in [4.69, 9.17) is 15.5 Å². The van der Waals surface area contributed by atoms with E-state index in [1.54, 1.807) is 17.0 Å². The number of benzene rings is 1. The van der Waals surface area contributed by atoms with Gasteiger partial charge in [0.2, 0.25) is 29.5 Å². The Morgan fingerprint density at radius 3 is 2.35 bits per heavy atom. The Morgan fingerprint density at radius 1 is 1.00 bits per heavy atom. The van der Waals surface area contributed by atoms with Crippen molar-refractivity contribution < 1.29 is 42.8 Å². The molecule has 7 N–H and O–H groups in total. The highest BCUT2D eigenvalue weighted by molar-refractivity contribution is 7.46. The molecule has 48 heavy (non-hydrogen) atoms. The quantitative estimate of drug-likeness (QED) is 0.0982. The van der Waals surface area contributed by atoms with Crippen LogP contribution < -0.4 is 26.2 Å². The fourth-order valence-electron chi connectivity index (χ4n) is 6.45. The lowest BCUT2D eigenvalue weighted by atomic mass is 9.94. The number of phosphoric acid groups is 1. The van der Waals surface area contributed by atoms with E-state index >= 15 is 0 Å². The third kappa shape index (κ3) is 12.2. The lowest BCUT2D eigenvalue weighted by Crippen LogP contribution is -2.58. The predicted octanol–water partition coefficient (Wildman–Crippen LogP) is 2.59. The standard InChI is InChI=1S/C33H52N5O9P/c1-3-5-6-9-20-35-31(41)26(17-19-29(34)39)36-32(42)28-18-14-24-10-7-8-11-27(33(43)38(24)28)37-30(40)23(4-2)21-22-12-15-25(16-13-22)47-48(44,45)46/h12-13,15-16,23-24,26-28H,3-11,14,17-21H2,1-2H3,(H2,34,39)(H,35,41)(H,36,42)(H,37,40)(H2,44,45,46)/t23-,24?,26-,27-,28-/m0/s1. The second-order valence-corrected chi connectivity index (χ2v) is 14.0. The smallest absolute Gasteiger partial charge is 0.404 e. The zero-order chi connectivity index (χ0) is 35.3. The van der Waals surface area contributed by atoms with Gasteiger partial charge in [0.1, 0.15) is 23.9 Å². The highest BCUT2D eigenvalue weighted by Crippen LogP contribution is 2.37. The van der Waals surface area contributed by atoms with Gasteiger partial charge in [0, 0.05) is 24.9 Å². The Hall–Kier alpha value is -3.48. The molecule has 0 bridgehead atoms. The zero-order valence-electron chi connectivity index (χ0n) is 28.0. The molecule has 0 spiro atoms. The molecule has 2 heterocycles. The van der Waals surface area contributed by atoms with Gasteiger partial charge in [-0.05, 0) is 69.1 Å². The van der Waals surface area contributed by atoms with Crippen molar-refractivity contribution in [3.63, 3.8) is 0 Å². The van der Waals surface area contributed by atoms with Crippen molar-refractivity contribution in [1.29, 1.82) is 0 Å². The second-order valence-electron chi connectivity index (χ2n) is 12.8. The number of hydrogen-bond donors (Lipinski definition) is 6. The average Bonchev–Trinajstić information content (AvgIpc) is 3.45. The first-order valence-corrected chi connectivity index (χ1v) is 18.7. The van der Waals surface area contributed by atoms with Crippen LogP contribution in [0, 0.1) is 5.92 Å². The minimum atomic E-state index is -4.69. The van der Waals surface area contributed by atoms with Crippen LogP contribution in [0.15, 0.2) is 24.3 Å². The Bertz CT molecular complexity index is 1300. The van der Waals surface area contributed by atoms with Gasteiger partial charge in [-0.1, -0.05) is 58.1 Å². The van der Waals surface area contributed by atoms with E-state index in [0.717, 1.165) is 50.5 Å². The third-order valence-electron chi connectivity index (χ3n) is 9.09. The van der Waals surface area contributed by atoms with E-state index in [9.17, 15) is 28.5 Å².